The molecule has 5 heteroatoms. The SMILES string of the molecule is O=C(NCc1ccc(Cl)o1)c1cccnc1. The predicted octanol–water partition coefficient (Wildman–Crippen LogP) is 2.26. The largest absolute Gasteiger partial charge is 0.448 e. The van der Waals surface area contributed by atoms with E-state index in [0.29, 0.717) is 23.1 Å². The second-order valence-electron chi connectivity index (χ2n) is 3.13. The number of nitrogens with zero attached hydrogens (tertiary/aromatic N) is 1. The smallest absolute Gasteiger partial charge is 0.253 e. The highest BCUT2D eigenvalue weighted by molar-refractivity contribution is 6.28. The maximum absolute atomic E-state index is 11.6. The number of furan rings is 1. The molecule has 0 atom stereocenters. The Morgan fingerprint density at radius 2 is 2.31 bits per heavy atom. The van der Waals surface area contributed by atoms with Crippen LogP contribution in [0.1, 0.15) is 16.1 Å². The van der Waals surface area contributed by atoms with E-state index in [9.17, 15) is 4.79 Å². The van der Waals surface area contributed by atoms with Gasteiger partial charge < -0.3 is 9.73 Å². The molecule has 1 N–H and O–H groups in total. The molecular formula is C11H9ClN2O2. The highest BCUT2D eigenvalue weighted by Crippen LogP contribution is 2.12. The number of rotatable bonds is 3. The van der Waals surface area contributed by atoms with Gasteiger partial charge in [0.2, 0.25) is 0 Å². The van der Waals surface area contributed by atoms with E-state index in [0.717, 1.165) is 0 Å². The number of carbonyl (C=O) groups is 1. The zero-order valence-electron chi connectivity index (χ0n) is 8.31. The first-order valence-electron chi connectivity index (χ1n) is 4.68. The third kappa shape index (κ3) is 2.61. The summed E-state index contributed by atoms with van der Waals surface area (Å²) in [6, 6.07) is 6.75. The summed E-state index contributed by atoms with van der Waals surface area (Å²) in [5.41, 5.74) is 0.514. The number of hydrogen-bond acceptors (Lipinski definition) is 3. The number of pyridine rings is 1. The van der Waals surface area contributed by atoms with Crippen molar-refractivity contribution in [3.63, 3.8) is 0 Å². The fraction of sp³-hybridized carbons (Fsp3) is 0.0909. The summed E-state index contributed by atoms with van der Waals surface area (Å²) in [7, 11) is 0. The number of halogens is 1. The van der Waals surface area contributed by atoms with Gasteiger partial charge in [-0.05, 0) is 35.9 Å². The van der Waals surface area contributed by atoms with Crippen molar-refractivity contribution < 1.29 is 9.21 Å². The van der Waals surface area contributed by atoms with Crippen molar-refractivity contribution >= 4 is 17.5 Å². The highest BCUT2D eigenvalue weighted by Gasteiger charge is 2.06. The van der Waals surface area contributed by atoms with E-state index >= 15 is 0 Å². The minimum absolute atomic E-state index is 0.194. The van der Waals surface area contributed by atoms with Crippen LogP contribution in [0.2, 0.25) is 5.22 Å². The van der Waals surface area contributed by atoms with E-state index in [1.54, 1.807) is 30.5 Å². The zero-order valence-corrected chi connectivity index (χ0v) is 9.07. The van der Waals surface area contributed by atoms with Crippen LogP contribution >= 0.6 is 11.6 Å². The Morgan fingerprint density at radius 1 is 1.44 bits per heavy atom. The van der Waals surface area contributed by atoms with Crippen LogP contribution in [0.4, 0.5) is 0 Å². The fourth-order valence-corrected chi connectivity index (χ4v) is 1.38. The van der Waals surface area contributed by atoms with E-state index in [4.69, 9.17) is 16.0 Å². The molecule has 2 aromatic heterocycles. The topological polar surface area (TPSA) is 55.1 Å². The Balaban J connectivity index is 1.94. The molecule has 1 amide bonds. The van der Waals surface area contributed by atoms with Crippen LogP contribution in [0, 0.1) is 0 Å². The molecule has 0 saturated heterocycles. The standard InChI is InChI=1S/C11H9ClN2O2/c12-10-4-3-9(16-10)7-14-11(15)8-2-1-5-13-6-8/h1-6H,7H2,(H,14,15). The van der Waals surface area contributed by atoms with E-state index < -0.39 is 0 Å². The van der Waals surface area contributed by atoms with Crippen molar-refractivity contribution in [3.8, 4) is 0 Å². The minimum atomic E-state index is -0.194. The van der Waals surface area contributed by atoms with Gasteiger partial charge in [0.15, 0.2) is 5.22 Å². The molecule has 2 aromatic rings. The molecule has 2 heterocycles. The summed E-state index contributed by atoms with van der Waals surface area (Å²) in [6.45, 7) is 0.306. The van der Waals surface area contributed by atoms with Crippen LogP contribution < -0.4 is 5.32 Å². The number of amides is 1. The highest BCUT2D eigenvalue weighted by atomic mass is 35.5. The molecule has 0 spiro atoms. The van der Waals surface area contributed by atoms with Crippen LogP contribution in [0.25, 0.3) is 0 Å². The normalized spacial score (nSPS) is 10.1. The van der Waals surface area contributed by atoms with Crippen molar-refractivity contribution in [3.05, 3.63) is 53.2 Å². The first kappa shape index (κ1) is 10.7. The summed E-state index contributed by atoms with van der Waals surface area (Å²) in [5.74, 6) is 0.419. The van der Waals surface area contributed by atoms with Crippen molar-refractivity contribution in [2.45, 2.75) is 6.54 Å². The van der Waals surface area contributed by atoms with Crippen LogP contribution in [0.5, 0.6) is 0 Å². The Labute approximate surface area is 97.2 Å². The van der Waals surface area contributed by atoms with Crippen molar-refractivity contribution in [1.29, 1.82) is 0 Å². The van der Waals surface area contributed by atoms with Crippen LogP contribution in [0.15, 0.2) is 41.1 Å². The van der Waals surface area contributed by atoms with Gasteiger partial charge in [-0.25, -0.2) is 0 Å². The molecule has 16 heavy (non-hydrogen) atoms. The van der Waals surface area contributed by atoms with E-state index in [2.05, 4.69) is 10.3 Å². The van der Waals surface area contributed by atoms with E-state index in [-0.39, 0.29) is 5.91 Å². The van der Waals surface area contributed by atoms with Crippen molar-refractivity contribution in [2.24, 2.45) is 0 Å². The maximum atomic E-state index is 11.6. The first-order chi connectivity index (χ1) is 7.75. The second kappa shape index (κ2) is 4.81. The average Bonchev–Trinajstić information content (AvgIpc) is 2.73. The van der Waals surface area contributed by atoms with Crippen LogP contribution in [-0.4, -0.2) is 10.9 Å². The number of hydrogen-bond donors (Lipinski definition) is 1. The molecule has 0 fully saturated rings. The van der Waals surface area contributed by atoms with Crippen LogP contribution in [0.3, 0.4) is 0 Å². The maximum Gasteiger partial charge on any atom is 0.253 e. The van der Waals surface area contributed by atoms with Gasteiger partial charge >= 0.3 is 0 Å². The molecule has 0 aromatic carbocycles. The average molecular weight is 237 g/mol. The van der Waals surface area contributed by atoms with Crippen molar-refractivity contribution in [2.75, 3.05) is 0 Å². The minimum Gasteiger partial charge on any atom is -0.448 e. The van der Waals surface area contributed by atoms with Gasteiger partial charge in [0.25, 0.3) is 5.91 Å². The molecule has 0 aliphatic rings. The fourth-order valence-electron chi connectivity index (χ4n) is 1.21. The summed E-state index contributed by atoms with van der Waals surface area (Å²) in [5, 5.41) is 3.01. The molecule has 0 bridgehead atoms. The lowest BCUT2D eigenvalue weighted by molar-refractivity contribution is 0.0947. The third-order valence-corrected chi connectivity index (χ3v) is 2.18. The Hall–Kier alpha value is -1.81. The van der Waals surface area contributed by atoms with Gasteiger partial charge in [-0.3, -0.25) is 9.78 Å². The summed E-state index contributed by atoms with van der Waals surface area (Å²) >= 11 is 5.60. The van der Waals surface area contributed by atoms with Gasteiger partial charge in [-0.2, -0.15) is 0 Å². The lowest BCUT2D eigenvalue weighted by Crippen LogP contribution is -2.22. The molecule has 0 radical (unpaired) electrons. The van der Waals surface area contributed by atoms with Gasteiger partial charge in [0.1, 0.15) is 5.76 Å². The lowest BCUT2D eigenvalue weighted by atomic mass is 10.2. The Bertz CT molecular complexity index is 482. The number of nitrogens with one attached hydrogen (secondary N) is 1. The van der Waals surface area contributed by atoms with Gasteiger partial charge in [0, 0.05) is 12.4 Å². The summed E-state index contributed by atoms with van der Waals surface area (Å²) < 4.78 is 5.10. The Kier molecular flexibility index (Phi) is 3.22. The predicted molar refractivity (Wildman–Crippen MR) is 59.1 cm³/mol. The molecule has 0 aliphatic carbocycles. The lowest BCUT2D eigenvalue weighted by Gasteiger charge is -2.01. The molecule has 0 aliphatic heterocycles. The molecule has 0 saturated carbocycles. The van der Waals surface area contributed by atoms with E-state index in [1.165, 1.54) is 6.20 Å². The number of aromatic nitrogens is 1. The van der Waals surface area contributed by atoms with Crippen LogP contribution in [-0.2, 0) is 6.54 Å². The van der Waals surface area contributed by atoms with Gasteiger partial charge in [0.05, 0.1) is 12.1 Å². The Morgan fingerprint density at radius 3 is 2.94 bits per heavy atom. The molecular weight excluding hydrogens is 228 g/mol. The molecule has 0 unspecified atom stereocenters. The van der Waals surface area contributed by atoms with Gasteiger partial charge in [-0.15, -0.1) is 0 Å². The second-order valence-corrected chi connectivity index (χ2v) is 3.50. The summed E-state index contributed by atoms with van der Waals surface area (Å²) in [4.78, 5) is 15.5. The molecule has 4 nitrogen and oxygen atoms in total. The molecule has 2 rings (SSSR count). The number of carbonyl (C=O) groups excluding carboxylic acids is 1. The summed E-state index contributed by atoms with van der Waals surface area (Å²) in [6.07, 6.45) is 3.12. The van der Waals surface area contributed by atoms with Crippen molar-refractivity contribution in [1.82, 2.24) is 10.3 Å². The van der Waals surface area contributed by atoms with E-state index in [1.807, 2.05) is 0 Å². The molecule has 82 valence electrons. The monoisotopic (exact) mass is 236 g/mol. The zero-order chi connectivity index (χ0) is 11.4. The van der Waals surface area contributed by atoms with Gasteiger partial charge in [-0.1, -0.05) is 0 Å². The quantitative estimate of drug-likeness (QED) is 0.889. The first-order valence-corrected chi connectivity index (χ1v) is 5.06. The third-order valence-electron chi connectivity index (χ3n) is 1.98.